The van der Waals surface area contributed by atoms with Crippen LogP contribution in [-0.2, 0) is 22.6 Å². The summed E-state index contributed by atoms with van der Waals surface area (Å²) in [5, 5.41) is 19.6. The van der Waals surface area contributed by atoms with E-state index in [0.717, 1.165) is 33.4 Å². The predicted octanol–water partition coefficient (Wildman–Crippen LogP) is 7.07. The zero-order valence-corrected chi connectivity index (χ0v) is 27.1. The van der Waals surface area contributed by atoms with Crippen LogP contribution in [0.4, 0.5) is 0 Å². The quantitative estimate of drug-likeness (QED) is 0.118. The minimum absolute atomic E-state index is 0.0550. The van der Waals surface area contributed by atoms with Crippen LogP contribution in [0.25, 0.3) is 11.1 Å². The number of ether oxygens (including phenoxy) is 2. The van der Waals surface area contributed by atoms with Crippen LogP contribution in [-0.4, -0.2) is 49.7 Å². The Morgan fingerprint density at radius 1 is 0.796 bits per heavy atom. The lowest BCUT2D eigenvalue weighted by atomic mass is 9.97. The molecule has 0 saturated carbocycles. The fourth-order valence-corrected chi connectivity index (χ4v) is 7.18. The fraction of sp³-hybridized carbons (Fsp3) is 0.179. The number of imide groups is 1. The highest BCUT2D eigenvalue weighted by Crippen LogP contribution is 2.40. The smallest absolute Gasteiger partial charge is 0.338 e. The molecule has 3 heterocycles. The Morgan fingerprint density at radius 3 is 2.12 bits per heavy atom. The van der Waals surface area contributed by atoms with Gasteiger partial charge in [-0.2, -0.15) is 0 Å². The van der Waals surface area contributed by atoms with Crippen LogP contribution in [0.2, 0.25) is 0 Å². The topological polar surface area (TPSA) is 126 Å². The number of pyridine rings is 1. The number of amides is 2. The number of aromatic carboxylic acids is 1. The van der Waals surface area contributed by atoms with Crippen molar-refractivity contribution in [3.05, 3.63) is 154 Å². The van der Waals surface area contributed by atoms with Gasteiger partial charge in [0.2, 0.25) is 0 Å². The Kier molecular flexibility index (Phi) is 9.36. The molecule has 0 radical (unpaired) electrons. The minimum Gasteiger partial charge on any atom is -0.478 e. The van der Waals surface area contributed by atoms with Crippen molar-refractivity contribution in [1.29, 1.82) is 0 Å². The van der Waals surface area contributed by atoms with Gasteiger partial charge < -0.3 is 19.7 Å². The number of hydrogen-bond acceptors (Lipinski definition) is 8. The molecule has 246 valence electrons. The van der Waals surface area contributed by atoms with Crippen molar-refractivity contribution in [1.82, 2.24) is 9.88 Å². The van der Waals surface area contributed by atoms with E-state index in [9.17, 15) is 24.6 Å². The van der Waals surface area contributed by atoms with Crippen molar-refractivity contribution in [2.24, 2.45) is 0 Å². The average molecular weight is 673 g/mol. The van der Waals surface area contributed by atoms with Crippen LogP contribution < -0.4 is 0 Å². The van der Waals surface area contributed by atoms with Crippen LogP contribution in [0.3, 0.4) is 0 Å². The summed E-state index contributed by atoms with van der Waals surface area (Å²) in [5.74, 6) is -1.17. The molecule has 2 amide bonds. The lowest BCUT2D eigenvalue weighted by molar-refractivity contribution is -0.245. The number of carbonyl (C=O) groups is 3. The molecule has 1 aromatic heterocycles. The SMILES string of the molecule is O=C(O)c1cccnc1SC[C@@H]1C[C@H](c2ccc(CO)cc2)O[C@H](c2ccc(-c3ccccc3CN3C(=O)c4ccccc4C3=O)cc2)O1. The number of rotatable bonds is 10. The molecule has 2 aliphatic heterocycles. The molecule has 2 aliphatic rings. The number of aliphatic hydroxyl groups is 1. The van der Waals surface area contributed by atoms with Crippen LogP contribution in [0.15, 0.2) is 120 Å². The van der Waals surface area contributed by atoms with Gasteiger partial charge in [0.25, 0.3) is 11.8 Å². The maximum atomic E-state index is 13.1. The normalized spacial score (nSPS) is 18.8. The molecule has 10 heteroatoms. The van der Waals surface area contributed by atoms with E-state index in [2.05, 4.69) is 4.98 Å². The third kappa shape index (κ3) is 6.77. The molecule has 49 heavy (non-hydrogen) atoms. The number of carboxylic acids is 1. The van der Waals surface area contributed by atoms with Gasteiger partial charge >= 0.3 is 5.97 Å². The number of thioether (sulfide) groups is 1. The molecule has 1 saturated heterocycles. The summed E-state index contributed by atoms with van der Waals surface area (Å²) in [6, 6.07) is 33.2. The lowest BCUT2D eigenvalue weighted by Gasteiger charge is -2.36. The molecule has 1 fully saturated rings. The molecule has 9 nitrogen and oxygen atoms in total. The monoisotopic (exact) mass is 672 g/mol. The second-order valence-electron chi connectivity index (χ2n) is 11.8. The van der Waals surface area contributed by atoms with Crippen molar-refractivity contribution in [3.63, 3.8) is 0 Å². The Morgan fingerprint density at radius 2 is 1.45 bits per heavy atom. The Balaban J connectivity index is 1.12. The zero-order valence-electron chi connectivity index (χ0n) is 26.3. The summed E-state index contributed by atoms with van der Waals surface area (Å²) in [6.07, 6.45) is 0.829. The van der Waals surface area contributed by atoms with Gasteiger partial charge in [0.05, 0.1) is 42.0 Å². The van der Waals surface area contributed by atoms with E-state index in [1.54, 1.807) is 36.5 Å². The Bertz CT molecular complexity index is 1980. The first-order chi connectivity index (χ1) is 23.9. The maximum Gasteiger partial charge on any atom is 0.338 e. The molecule has 0 aliphatic carbocycles. The van der Waals surface area contributed by atoms with E-state index in [-0.39, 0.29) is 42.7 Å². The van der Waals surface area contributed by atoms with Gasteiger partial charge in [0.15, 0.2) is 6.29 Å². The van der Waals surface area contributed by atoms with Crippen molar-refractivity contribution in [2.75, 3.05) is 5.75 Å². The van der Waals surface area contributed by atoms with E-state index in [1.807, 2.05) is 72.8 Å². The van der Waals surface area contributed by atoms with Crippen molar-refractivity contribution in [2.45, 2.75) is 43.1 Å². The highest BCUT2D eigenvalue weighted by molar-refractivity contribution is 7.99. The van der Waals surface area contributed by atoms with E-state index in [4.69, 9.17) is 9.47 Å². The molecule has 0 unspecified atom stereocenters. The summed E-state index contributed by atoms with van der Waals surface area (Å²) in [6.45, 7) is 0.0929. The average Bonchev–Trinajstić information content (AvgIpc) is 3.39. The van der Waals surface area contributed by atoms with Gasteiger partial charge in [-0.15, -0.1) is 11.8 Å². The number of carbonyl (C=O) groups excluding carboxylic acids is 2. The second-order valence-corrected chi connectivity index (χ2v) is 12.9. The minimum atomic E-state index is -1.03. The number of aliphatic hydroxyl groups excluding tert-OH is 1. The second kappa shape index (κ2) is 14.2. The van der Waals surface area contributed by atoms with Gasteiger partial charge in [-0.1, -0.05) is 84.9 Å². The summed E-state index contributed by atoms with van der Waals surface area (Å²) in [7, 11) is 0. The highest BCUT2D eigenvalue weighted by Gasteiger charge is 2.36. The molecule has 7 rings (SSSR count). The first-order valence-corrected chi connectivity index (χ1v) is 16.8. The number of fused-ring (bicyclic) bond motifs is 1. The van der Waals surface area contributed by atoms with Gasteiger partial charge in [-0.05, 0) is 52.1 Å². The largest absolute Gasteiger partial charge is 0.478 e. The summed E-state index contributed by atoms with van der Waals surface area (Å²) in [5.41, 5.74) is 6.19. The van der Waals surface area contributed by atoms with E-state index < -0.39 is 12.3 Å². The number of aromatic nitrogens is 1. The number of benzene rings is 4. The molecule has 4 aromatic carbocycles. The van der Waals surface area contributed by atoms with Gasteiger partial charge in [0, 0.05) is 23.9 Å². The van der Waals surface area contributed by atoms with Crippen molar-refractivity contribution in [3.8, 4) is 11.1 Å². The number of nitrogens with zero attached hydrogens (tertiary/aromatic N) is 2. The molecule has 0 bridgehead atoms. The van der Waals surface area contributed by atoms with Crippen molar-refractivity contribution >= 4 is 29.5 Å². The van der Waals surface area contributed by atoms with E-state index >= 15 is 0 Å². The Hall–Kier alpha value is -5.13. The van der Waals surface area contributed by atoms with E-state index in [1.165, 1.54) is 22.7 Å². The summed E-state index contributed by atoms with van der Waals surface area (Å²) >= 11 is 1.34. The van der Waals surface area contributed by atoms with Gasteiger partial charge in [-0.25, -0.2) is 9.78 Å². The molecule has 5 aromatic rings. The van der Waals surface area contributed by atoms with Crippen LogP contribution in [0.5, 0.6) is 0 Å². The maximum absolute atomic E-state index is 13.1. The van der Waals surface area contributed by atoms with E-state index in [0.29, 0.717) is 28.3 Å². The zero-order chi connectivity index (χ0) is 33.9. The standard InChI is InChI=1S/C39H32N2O7S/c42-22-24-11-13-26(14-12-24)34-20-29(23-49-35-33(38(45)46)10-5-19-40-35)47-39(48-34)27-17-15-25(16-18-27)30-7-2-1-6-28(30)21-41-36(43)31-8-3-4-9-32(31)37(41)44/h1-19,29,34,39,42H,20-23H2,(H,45,46)/t29-,34+,39+/m0/s1. The fourth-order valence-electron chi connectivity index (χ4n) is 6.18. The lowest BCUT2D eigenvalue weighted by Crippen LogP contribution is -2.31. The predicted molar refractivity (Wildman–Crippen MR) is 183 cm³/mol. The van der Waals surface area contributed by atoms with Crippen LogP contribution in [0.1, 0.15) is 72.1 Å². The third-order valence-electron chi connectivity index (χ3n) is 8.74. The number of carboxylic acid groups (broad SMARTS) is 1. The van der Waals surface area contributed by atoms with Crippen LogP contribution >= 0.6 is 11.8 Å². The molecule has 0 spiro atoms. The summed E-state index contributed by atoms with van der Waals surface area (Å²) in [4.78, 5) is 43.5. The molecular weight excluding hydrogens is 641 g/mol. The summed E-state index contributed by atoms with van der Waals surface area (Å²) < 4.78 is 13.0. The van der Waals surface area contributed by atoms with Gasteiger partial charge in [-0.3, -0.25) is 14.5 Å². The van der Waals surface area contributed by atoms with Crippen LogP contribution in [0, 0.1) is 0 Å². The van der Waals surface area contributed by atoms with Gasteiger partial charge in [0.1, 0.15) is 5.03 Å². The molecular formula is C39H32N2O7S. The number of hydrogen-bond donors (Lipinski definition) is 2. The molecule has 3 atom stereocenters. The first-order valence-electron chi connectivity index (χ1n) is 15.8. The first kappa shape index (κ1) is 32.4. The third-order valence-corrected chi connectivity index (χ3v) is 9.88. The highest BCUT2D eigenvalue weighted by atomic mass is 32.2. The Labute approximate surface area is 287 Å². The van der Waals surface area contributed by atoms with Crippen molar-refractivity contribution < 1.29 is 34.1 Å². The molecule has 2 N–H and O–H groups in total.